The van der Waals surface area contributed by atoms with Crippen molar-refractivity contribution in [2.24, 2.45) is 0 Å². The number of aryl methyl sites for hydroxylation is 1. The van der Waals surface area contributed by atoms with Gasteiger partial charge in [-0.15, -0.1) is 0 Å². The number of carbonyl (C=O) groups is 2. The second-order valence-corrected chi connectivity index (χ2v) is 4.67. The number of nitrogens with one attached hydrogen (secondary N) is 1. The summed E-state index contributed by atoms with van der Waals surface area (Å²) in [7, 11) is 0. The van der Waals surface area contributed by atoms with Crippen LogP contribution in [-0.2, 0) is 9.59 Å². The molecule has 0 spiro atoms. The fourth-order valence-electron chi connectivity index (χ4n) is 1.88. The smallest absolute Gasteiger partial charge is 0.226 e. The molecule has 4 nitrogen and oxygen atoms in total. The molecule has 1 aromatic rings. The standard InChI is InChI=1S/C15H22N2O2/c1-4-9-17(13(3)18)10-8-15(19)16-14-7-5-6-12(2)11-14/h5-7,11H,4,8-10H2,1-3H3,(H,16,19). The first-order chi connectivity index (χ1) is 9.02. The molecule has 0 atom stereocenters. The largest absolute Gasteiger partial charge is 0.342 e. The van der Waals surface area contributed by atoms with Crippen molar-refractivity contribution in [1.82, 2.24) is 4.90 Å². The van der Waals surface area contributed by atoms with E-state index >= 15 is 0 Å². The molecule has 0 aromatic heterocycles. The van der Waals surface area contributed by atoms with Gasteiger partial charge in [0, 0.05) is 32.1 Å². The molecular weight excluding hydrogens is 240 g/mol. The molecule has 0 bridgehead atoms. The molecule has 0 saturated heterocycles. The van der Waals surface area contributed by atoms with Crippen LogP contribution in [0.5, 0.6) is 0 Å². The van der Waals surface area contributed by atoms with Crippen LogP contribution >= 0.6 is 0 Å². The SMILES string of the molecule is CCCN(CCC(=O)Nc1cccc(C)c1)C(C)=O. The van der Waals surface area contributed by atoms with Gasteiger partial charge in [0.2, 0.25) is 11.8 Å². The van der Waals surface area contributed by atoms with Gasteiger partial charge in [0.15, 0.2) is 0 Å². The number of amides is 2. The Morgan fingerprint density at radius 3 is 2.58 bits per heavy atom. The van der Waals surface area contributed by atoms with E-state index in [1.54, 1.807) is 4.90 Å². The van der Waals surface area contributed by atoms with E-state index in [9.17, 15) is 9.59 Å². The highest BCUT2D eigenvalue weighted by Gasteiger charge is 2.10. The molecule has 0 saturated carbocycles. The Morgan fingerprint density at radius 1 is 1.26 bits per heavy atom. The summed E-state index contributed by atoms with van der Waals surface area (Å²) in [5.74, 6) is -0.0434. The topological polar surface area (TPSA) is 49.4 Å². The minimum atomic E-state index is -0.0621. The monoisotopic (exact) mass is 262 g/mol. The van der Waals surface area contributed by atoms with Gasteiger partial charge >= 0.3 is 0 Å². The first-order valence-corrected chi connectivity index (χ1v) is 6.65. The zero-order valence-electron chi connectivity index (χ0n) is 11.9. The zero-order valence-corrected chi connectivity index (χ0v) is 11.9. The number of hydrogen-bond acceptors (Lipinski definition) is 2. The summed E-state index contributed by atoms with van der Waals surface area (Å²) in [4.78, 5) is 24.9. The molecule has 0 unspecified atom stereocenters. The quantitative estimate of drug-likeness (QED) is 0.856. The summed E-state index contributed by atoms with van der Waals surface area (Å²) >= 11 is 0. The van der Waals surface area contributed by atoms with Crippen LogP contribution in [0.1, 0.15) is 32.3 Å². The fraction of sp³-hybridized carbons (Fsp3) is 0.467. The summed E-state index contributed by atoms with van der Waals surface area (Å²) in [6.45, 7) is 6.71. The summed E-state index contributed by atoms with van der Waals surface area (Å²) in [6.07, 6.45) is 1.23. The summed E-state index contributed by atoms with van der Waals surface area (Å²) in [6, 6.07) is 7.67. The van der Waals surface area contributed by atoms with E-state index in [1.165, 1.54) is 6.92 Å². The van der Waals surface area contributed by atoms with E-state index in [1.807, 2.05) is 38.1 Å². The van der Waals surface area contributed by atoms with Crippen LogP contribution in [0.2, 0.25) is 0 Å². The predicted molar refractivity (Wildman–Crippen MR) is 77.0 cm³/mol. The average molecular weight is 262 g/mol. The Labute approximate surface area is 114 Å². The number of anilines is 1. The third-order valence-corrected chi connectivity index (χ3v) is 2.85. The number of rotatable bonds is 6. The van der Waals surface area contributed by atoms with Crippen LogP contribution in [0.15, 0.2) is 24.3 Å². The molecule has 0 fully saturated rings. The maximum absolute atomic E-state index is 11.8. The van der Waals surface area contributed by atoms with Gasteiger partial charge in [-0.2, -0.15) is 0 Å². The molecule has 2 amide bonds. The minimum Gasteiger partial charge on any atom is -0.342 e. The van der Waals surface area contributed by atoms with Crippen molar-refractivity contribution in [1.29, 1.82) is 0 Å². The first kappa shape index (κ1) is 15.2. The van der Waals surface area contributed by atoms with Gasteiger partial charge in [-0.3, -0.25) is 9.59 Å². The second-order valence-electron chi connectivity index (χ2n) is 4.67. The van der Waals surface area contributed by atoms with Crippen molar-refractivity contribution in [3.63, 3.8) is 0 Å². The lowest BCUT2D eigenvalue weighted by Crippen LogP contribution is -2.32. The van der Waals surface area contributed by atoms with Gasteiger partial charge in [-0.05, 0) is 31.0 Å². The second kappa shape index (κ2) is 7.56. The zero-order chi connectivity index (χ0) is 14.3. The van der Waals surface area contributed by atoms with Crippen molar-refractivity contribution in [2.45, 2.75) is 33.6 Å². The maximum atomic E-state index is 11.8. The number of nitrogens with zero attached hydrogens (tertiary/aromatic N) is 1. The van der Waals surface area contributed by atoms with Gasteiger partial charge in [0.05, 0.1) is 0 Å². The average Bonchev–Trinajstić information content (AvgIpc) is 2.34. The first-order valence-electron chi connectivity index (χ1n) is 6.65. The fourth-order valence-corrected chi connectivity index (χ4v) is 1.88. The van der Waals surface area contributed by atoms with Crippen molar-refractivity contribution < 1.29 is 9.59 Å². The predicted octanol–water partition coefficient (Wildman–Crippen LogP) is 2.58. The molecule has 104 valence electrons. The summed E-state index contributed by atoms with van der Waals surface area (Å²) < 4.78 is 0. The van der Waals surface area contributed by atoms with Gasteiger partial charge in [0.1, 0.15) is 0 Å². The van der Waals surface area contributed by atoms with Crippen LogP contribution in [0, 0.1) is 6.92 Å². The Bertz CT molecular complexity index is 444. The highest BCUT2D eigenvalue weighted by Crippen LogP contribution is 2.09. The van der Waals surface area contributed by atoms with E-state index in [4.69, 9.17) is 0 Å². The van der Waals surface area contributed by atoms with E-state index in [0.717, 1.165) is 17.7 Å². The van der Waals surface area contributed by atoms with Gasteiger partial charge in [-0.25, -0.2) is 0 Å². The molecule has 0 radical (unpaired) electrons. The van der Waals surface area contributed by atoms with Crippen molar-refractivity contribution in [2.75, 3.05) is 18.4 Å². The summed E-state index contributed by atoms with van der Waals surface area (Å²) in [5, 5.41) is 2.84. The number of hydrogen-bond donors (Lipinski definition) is 1. The third kappa shape index (κ3) is 5.55. The van der Waals surface area contributed by atoms with Crippen LogP contribution < -0.4 is 5.32 Å². The van der Waals surface area contributed by atoms with Crippen molar-refractivity contribution in [3.05, 3.63) is 29.8 Å². The van der Waals surface area contributed by atoms with E-state index in [0.29, 0.717) is 19.5 Å². The van der Waals surface area contributed by atoms with E-state index in [-0.39, 0.29) is 11.8 Å². The van der Waals surface area contributed by atoms with Crippen LogP contribution in [-0.4, -0.2) is 29.8 Å². The molecule has 0 aliphatic heterocycles. The third-order valence-electron chi connectivity index (χ3n) is 2.85. The molecule has 0 aliphatic carbocycles. The van der Waals surface area contributed by atoms with Gasteiger partial charge in [-0.1, -0.05) is 19.1 Å². The lowest BCUT2D eigenvalue weighted by Gasteiger charge is -2.19. The Balaban J connectivity index is 2.45. The molecule has 4 heteroatoms. The minimum absolute atomic E-state index is 0.0187. The molecule has 1 rings (SSSR count). The van der Waals surface area contributed by atoms with E-state index in [2.05, 4.69) is 5.32 Å². The Morgan fingerprint density at radius 2 is 2.00 bits per heavy atom. The molecule has 0 aliphatic rings. The van der Waals surface area contributed by atoms with Crippen molar-refractivity contribution in [3.8, 4) is 0 Å². The normalized spacial score (nSPS) is 10.1. The van der Waals surface area contributed by atoms with Crippen LogP contribution in [0.25, 0.3) is 0 Å². The van der Waals surface area contributed by atoms with Crippen LogP contribution in [0.4, 0.5) is 5.69 Å². The lowest BCUT2D eigenvalue weighted by molar-refractivity contribution is -0.129. The van der Waals surface area contributed by atoms with Gasteiger partial charge < -0.3 is 10.2 Å². The molecule has 1 N–H and O–H groups in total. The lowest BCUT2D eigenvalue weighted by atomic mass is 10.2. The van der Waals surface area contributed by atoms with Crippen LogP contribution in [0.3, 0.4) is 0 Å². The molecule has 0 heterocycles. The van der Waals surface area contributed by atoms with Crippen molar-refractivity contribution >= 4 is 17.5 Å². The maximum Gasteiger partial charge on any atom is 0.226 e. The number of benzene rings is 1. The van der Waals surface area contributed by atoms with E-state index < -0.39 is 0 Å². The molecule has 1 aromatic carbocycles. The van der Waals surface area contributed by atoms with Gasteiger partial charge in [0.25, 0.3) is 0 Å². The molecular formula is C15H22N2O2. The Hall–Kier alpha value is -1.84. The molecule has 19 heavy (non-hydrogen) atoms. The highest BCUT2D eigenvalue weighted by atomic mass is 16.2. The highest BCUT2D eigenvalue weighted by molar-refractivity contribution is 5.91. The summed E-state index contributed by atoms with van der Waals surface area (Å²) in [5.41, 5.74) is 1.91. The Kier molecular flexibility index (Phi) is 6.06. The number of carbonyl (C=O) groups excluding carboxylic acids is 2.